The second-order valence-corrected chi connectivity index (χ2v) is 7.47. The zero-order chi connectivity index (χ0) is 15.0. The van der Waals surface area contributed by atoms with Gasteiger partial charge in [0.2, 0.25) is 0 Å². The highest BCUT2D eigenvalue weighted by molar-refractivity contribution is 7.11. The molecule has 0 amide bonds. The standard InChI is InChI=1S/C18H24N2S/c1-12-7-5-8-13(2)15(12)11-20(4)17-10-6-9-16-18(17)21-14(3)19-16/h5,7-8,17H,6,9-11H2,1-4H3/t17-/m1/s1. The molecule has 3 heteroatoms. The molecule has 0 saturated carbocycles. The Bertz CT molecular complexity index is 624. The second kappa shape index (κ2) is 5.90. The Morgan fingerprint density at radius 3 is 2.67 bits per heavy atom. The Labute approximate surface area is 131 Å². The van der Waals surface area contributed by atoms with Gasteiger partial charge in [-0.25, -0.2) is 4.98 Å². The maximum atomic E-state index is 4.72. The molecule has 0 N–H and O–H groups in total. The molecule has 1 aromatic heterocycles. The van der Waals surface area contributed by atoms with E-state index < -0.39 is 0 Å². The van der Waals surface area contributed by atoms with Crippen molar-refractivity contribution in [1.29, 1.82) is 0 Å². The molecular formula is C18H24N2S. The molecule has 112 valence electrons. The highest BCUT2D eigenvalue weighted by Gasteiger charge is 2.27. The summed E-state index contributed by atoms with van der Waals surface area (Å²) in [6.07, 6.45) is 3.68. The van der Waals surface area contributed by atoms with E-state index in [1.165, 1.54) is 45.1 Å². The topological polar surface area (TPSA) is 16.1 Å². The highest BCUT2D eigenvalue weighted by atomic mass is 32.1. The quantitative estimate of drug-likeness (QED) is 0.825. The van der Waals surface area contributed by atoms with E-state index in [9.17, 15) is 0 Å². The number of hydrogen-bond acceptors (Lipinski definition) is 3. The molecule has 2 aromatic rings. The van der Waals surface area contributed by atoms with Crippen LogP contribution >= 0.6 is 11.3 Å². The molecule has 0 saturated heterocycles. The van der Waals surface area contributed by atoms with Gasteiger partial charge in [0.1, 0.15) is 0 Å². The van der Waals surface area contributed by atoms with Crippen LogP contribution in [-0.2, 0) is 13.0 Å². The summed E-state index contributed by atoms with van der Waals surface area (Å²) < 4.78 is 0. The van der Waals surface area contributed by atoms with Gasteiger partial charge in [-0.3, -0.25) is 4.90 Å². The van der Waals surface area contributed by atoms with Crippen LogP contribution in [-0.4, -0.2) is 16.9 Å². The third kappa shape index (κ3) is 2.90. The molecule has 3 rings (SSSR count). The number of aromatic nitrogens is 1. The minimum Gasteiger partial charge on any atom is -0.294 e. The summed E-state index contributed by atoms with van der Waals surface area (Å²) in [5.74, 6) is 0. The molecule has 0 aliphatic heterocycles. The largest absolute Gasteiger partial charge is 0.294 e. The SMILES string of the molecule is Cc1nc2c(s1)[C@H](N(C)Cc1c(C)cccc1C)CCC2. The van der Waals surface area contributed by atoms with Crippen molar-refractivity contribution in [2.24, 2.45) is 0 Å². The van der Waals surface area contributed by atoms with E-state index in [0.717, 1.165) is 13.0 Å². The molecule has 0 bridgehead atoms. The molecule has 21 heavy (non-hydrogen) atoms. The summed E-state index contributed by atoms with van der Waals surface area (Å²) in [5, 5.41) is 1.22. The third-order valence-electron chi connectivity index (χ3n) is 4.61. The van der Waals surface area contributed by atoms with Crippen molar-refractivity contribution >= 4 is 11.3 Å². The molecule has 0 fully saturated rings. The molecule has 0 unspecified atom stereocenters. The van der Waals surface area contributed by atoms with Gasteiger partial charge in [-0.05, 0) is 63.8 Å². The third-order valence-corrected chi connectivity index (χ3v) is 5.73. The summed E-state index contributed by atoms with van der Waals surface area (Å²) in [4.78, 5) is 8.74. The Morgan fingerprint density at radius 2 is 1.95 bits per heavy atom. The maximum absolute atomic E-state index is 4.72. The van der Waals surface area contributed by atoms with Crippen LogP contribution < -0.4 is 0 Å². The van der Waals surface area contributed by atoms with Gasteiger partial charge < -0.3 is 0 Å². The predicted molar refractivity (Wildman–Crippen MR) is 89.9 cm³/mol. The molecule has 1 atom stereocenters. The number of nitrogens with zero attached hydrogens (tertiary/aromatic N) is 2. The molecule has 1 heterocycles. The van der Waals surface area contributed by atoms with Crippen molar-refractivity contribution in [3.63, 3.8) is 0 Å². The van der Waals surface area contributed by atoms with E-state index in [4.69, 9.17) is 4.98 Å². The minimum absolute atomic E-state index is 0.541. The first-order valence-electron chi connectivity index (χ1n) is 7.78. The van der Waals surface area contributed by atoms with Gasteiger partial charge in [0, 0.05) is 17.5 Å². The smallest absolute Gasteiger partial charge is 0.0900 e. The van der Waals surface area contributed by atoms with E-state index in [-0.39, 0.29) is 0 Å². The molecular weight excluding hydrogens is 276 g/mol. The van der Waals surface area contributed by atoms with E-state index in [0.29, 0.717) is 6.04 Å². The highest BCUT2D eigenvalue weighted by Crippen LogP contribution is 2.38. The van der Waals surface area contributed by atoms with Gasteiger partial charge in [0.05, 0.1) is 10.7 Å². The van der Waals surface area contributed by atoms with Crippen LogP contribution in [0.1, 0.15) is 51.2 Å². The fourth-order valence-corrected chi connectivity index (χ4v) is 4.57. The van der Waals surface area contributed by atoms with Crippen molar-refractivity contribution in [1.82, 2.24) is 9.88 Å². The van der Waals surface area contributed by atoms with Crippen LogP contribution in [0.15, 0.2) is 18.2 Å². The lowest BCUT2D eigenvalue weighted by Crippen LogP contribution is -2.27. The zero-order valence-corrected chi connectivity index (χ0v) is 14.3. The van der Waals surface area contributed by atoms with Gasteiger partial charge in [-0.15, -0.1) is 11.3 Å². The summed E-state index contributed by atoms with van der Waals surface area (Å²) in [5.41, 5.74) is 5.63. The molecule has 0 radical (unpaired) electrons. The molecule has 0 spiro atoms. The number of rotatable bonds is 3. The molecule has 1 aromatic carbocycles. The number of fused-ring (bicyclic) bond motifs is 1. The van der Waals surface area contributed by atoms with Crippen molar-refractivity contribution in [2.45, 2.75) is 52.6 Å². The van der Waals surface area contributed by atoms with Gasteiger partial charge in [0.25, 0.3) is 0 Å². The number of benzene rings is 1. The van der Waals surface area contributed by atoms with Crippen LogP contribution in [0.4, 0.5) is 0 Å². The first kappa shape index (κ1) is 14.7. The predicted octanol–water partition coefficient (Wildman–Crippen LogP) is 4.58. The normalized spacial score (nSPS) is 18.0. The maximum Gasteiger partial charge on any atom is 0.0900 e. The van der Waals surface area contributed by atoms with Crippen LogP contribution in [0.3, 0.4) is 0 Å². The Hall–Kier alpha value is -1.19. The number of aryl methyl sites for hydroxylation is 4. The minimum atomic E-state index is 0.541. The van der Waals surface area contributed by atoms with E-state index in [1.807, 2.05) is 11.3 Å². The molecule has 2 nitrogen and oxygen atoms in total. The van der Waals surface area contributed by atoms with Gasteiger partial charge in [-0.1, -0.05) is 18.2 Å². The van der Waals surface area contributed by atoms with Crippen LogP contribution in [0.5, 0.6) is 0 Å². The lowest BCUT2D eigenvalue weighted by molar-refractivity contribution is 0.215. The average Bonchev–Trinajstić information content (AvgIpc) is 2.82. The summed E-state index contributed by atoms with van der Waals surface area (Å²) in [6, 6.07) is 7.14. The fraction of sp³-hybridized carbons (Fsp3) is 0.500. The van der Waals surface area contributed by atoms with Crippen molar-refractivity contribution < 1.29 is 0 Å². The van der Waals surface area contributed by atoms with Crippen molar-refractivity contribution in [2.75, 3.05) is 7.05 Å². The first-order valence-corrected chi connectivity index (χ1v) is 8.59. The summed E-state index contributed by atoms with van der Waals surface area (Å²) >= 11 is 1.89. The van der Waals surface area contributed by atoms with E-state index in [2.05, 4.69) is 50.9 Å². The van der Waals surface area contributed by atoms with E-state index >= 15 is 0 Å². The number of hydrogen-bond donors (Lipinski definition) is 0. The van der Waals surface area contributed by atoms with Crippen LogP contribution in [0.25, 0.3) is 0 Å². The summed E-state index contributed by atoms with van der Waals surface area (Å²) in [7, 11) is 2.26. The Morgan fingerprint density at radius 1 is 1.24 bits per heavy atom. The zero-order valence-electron chi connectivity index (χ0n) is 13.4. The lowest BCUT2D eigenvalue weighted by atomic mass is 9.95. The molecule has 1 aliphatic rings. The summed E-state index contributed by atoms with van der Waals surface area (Å²) in [6.45, 7) is 7.60. The van der Waals surface area contributed by atoms with Crippen LogP contribution in [0, 0.1) is 20.8 Å². The van der Waals surface area contributed by atoms with Gasteiger partial charge in [0.15, 0.2) is 0 Å². The fourth-order valence-electron chi connectivity index (χ4n) is 3.40. The first-order chi connectivity index (χ1) is 10.1. The van der Waals surface area contributed by atoms with Gasteiger partial charge in [-0.2, -0.15) is 0 Å². The van der Waals surface area contributed by atoms with Crippen molar-refractivity contribution in [3.05, 3.63) is 50.5 Å². The van der Waals surface area contributed by atoms with Crippen LogP contribution in [0.2, 0.25) is 0 Å². The number of thiazole rings is 1. The molecule has 1 aliphatic carbocycles. The van der Waals surface area contributed by atoms with Gasteiger partial charge >= 0.3 is 0 Å². The Kier molecular flexibility index (Phi) is 4.14. The monoisotopic (exact) mass is 300 g/mol. The second-order valence-electron chi connectivity index (χ2n) is 6.24. The Balaban J connectivity index is 1.85. The van der Waals surface area contributed by atoms with Crippen molar-refractivity contribution in [3.8, 4) is 0 Å². The lowest BCUT2D eigenvalue weighted by Gasteiger charge is -2.31. The average molecular weight is 300 g/mol. The van der Waals surface area contributed by atoms with E-state index in [1.54, 1.807) is 0 Å².